The van der Waals surface area contributed by atoms with E-state index in [1.54, 1.807) is 0 Å². The van der Waals surface area contributed by atoms with Crippen LogP contribution in [0.15, 0.2) is 18.2 Å². The van der Waals surface area contributed by atoms with Gasteiger partial charge in [-0.15, -0.1) is 0 Å². The zero-order chi connectivity index (χ0) is 9.76. The lowest BCUT2D eigenvalue weighted by molar-refractivity contribution is 0.151. The van der Waals surface area contributed by atoms with Crippen LogP contribution in [0.25, 0.3) is 0 Å². The number of anilines is 1. The molecule has 1 heterocycles. The Morgan fingerprint density at radius 2 is 2.14 bits per heavy atom. The monoisotopic (exact) mass is 189 g/mol. The molecule has 1 aliphatic heterocycles. The molecule has 1 fully saturated rings. The molecule has 0 saturated heterocycles. The molecule has 0 atom stereocenters. The van der Waals surface area contributed by atoms with E-state index in [0.717, 1.165) is 31.4 Å². The predicted molar refractivity (Wildman–Crippen MR) is 56.5 cm³/mol. The van der Waals surface area contributed by atoms with Crippen molar-refractivity contribution >= 4 is 5.69 Å². The van der Waals surface area contributed by atoms with Gasteiger partial charge in [0.15, 0.2) is 0 Å². The van der Waals surface area contributed by atoms with Gasteiger partial charge < -0.3 is 10.0 Å². The normalized spacial score (nSPS) is 22.3. The number of hydrogen-bond acceptors (Lipinski definition) is 2. The maximum atomic E-state index is 10.00. The smallest absolute Gasteiger partial charge is 0.0899 e. The number of nitrogens with zero attached hydrogens (tertiary/aromatic N) is 1. The van der Waals surface area contributed by atoms with E-state index >= 15 is 0 Å². The Hall–Kier alpha value is -1.02. The molecule has 2 aliphatic rings. The van der Waals surface area contributed by atoms with Crippen LogP contribution in [0.4, 0.5) is 5.69 Å². The number of likely N-dealkylation sites (N-methyl/N-ethyl adjacent to an activating group) is 1. The minimum atomic E-state index is -0.488. The molecule has 1 aromatic carbocycles. The molecule has 0 unspecified atom stereocenters. The molecular weight excluding hydrogens is 174 g/mol. The van der Waals surface area contributed by atoms with Gasteiger partial charge in [-0.25, -0.2) is 0 Å². The summed E-state index contributed by atoms with van der Waals surface area (Å²) in [6, 6.07) is 6.42. The van der Waals surface area contributed by atoms with Crippen LogP contribution in [0.3, 0.4) is 0 Å². The maximum Gasteiger partial charge on any atom is 0.0899 e. The lowest BCUT2D eigenvalue weighted by Crippen LogP contribution is -2.13. The van der Waals surface area contributed by atoms with Gasteiger partial charge in [-0.3, -0.25) is 0 Å². The van der Waals surface area contributed by atoms with Crippen LogP contribution in [-0.2, 0) is 12.0 Å². The molecule has 1 aliphatic carbocycles. The first-order chi connectivity index (χ1) is 6.69. The molecule has 0 spiro atoms. The van der Waals surface area contributed by atoms with Gasteiger partial charge in [-0.05, 0) is 36.5 Å². The highest BCUT2D eigenvalue weighted by Crippen LogP contribution is 2.46. The van der Waals surface area contributed by atoms with Crippen molar-refractivity contribution in [2.24, 2.45) is 0 Å². The lowest BCUT2D eigenvalue weighted by Gasteiger charge is -2.15. The van der Waals surface area contributed by atoms with Gasteiger partial charge in [0.05, 0.1) is 5.60 Å². The third kappa shape index (κ3) is 1.07. The highest BCUT2D eigenvalue weighted by Gasteiger charge is 2.42. The van der Waals surface area contributed by atoms with Gasteiger partial charge in [0.1, 0.15) is 0 Å². The van der Waals surface area contributed by atoms with Crippen LogP contribution in [0.2, 0.25) is 0 Å². The molecule has 1 saturated carbocycles. The fraction of sp³-hybridized carbons (Fsp3) is 0.500. The largest absolute Gasteiger partial charge is 0.385 e. The van der Waals surface area contributed by atoms with Gasteiger partial charge >= 0.3 is 0 Å². The number of benzene rings is 1. The summed E-state index contributed by atoms with van der Waals surface area (Å²) >= 11 is 0. The van der Waals surface area contributed by atoms with Crippen molar-refractivity contribution in [2.45, 2.75) is 24.9 Å². The van der Waals surface area contributed by atoms with Crippen LogP contribution in [0.5, 0.6) is 0 Å². The van der Waals surface area contributed by atoms with Crippen molar-refractivity contribution in [1.29, 1.82) is 0 Å². The van der Waals surface area contributed by atoms with Crippen molar-refractivity contribution in [3.05, 3.63) is 29.3 Å². The van der Waals surface area contributed by atoms with Crippen molar-refractivity contribution in [3.8, 4) is 0 Å². The molecule has 2 nitrogen and oxygen atoms in total. The molecule has 3 rings (SSSR count). The molecular formula is C12H15NO. The average Bonchev–Trinajstić information content (AvgIpc) is 2.84. The van der Waals surface area contributed by atoms with Crippen LogP contribution in [-0.4, -0.2) is 18.7 Å². The first-order valence-electron chi connectivity index (χ1n) is 5.26. The van der Waals surface area contributed by atoms with Gasteiger partial charge in [0.25, 0.3) is 0 Å². The summed E-state index contributed by atoms with van der Waals surface area (Å²) in [5.41, 5.74) is 3.34. The van der Waals surface area contributed by atoms with E-state index in [2.05, 4.69) is 30.1 Å². The van der Waals surface area contributed by atoms with Crippen LogP contribution in [0, 0.1) is 0 Å². The second-order valence-electron chi connectivity index (χ2n) is 4.55. The summed E-state index contributed by atoms with van der Waals surface area (Å²) in [6.45, 7) is 1.11. The fourth-order valence-corrected chi connectivity index (χ4v) is 2.24. The van der Waals surface area contributed by atoms with E-state index in [1.165, 1.54) is 11.3 Å². The second kappa shape index (κ2) is 2.51. The minimum absolute atomic E-state index is 0.488. The zero-order valence-corrected chi connectivity index (χ0v) is 8.45. The summed E-state index contributed by atoms with van der Waals surface area (Å²) in [4.78, 5) is 2.27. The van der Waals surface area contributed by atoms with Gasteiger partial charge in [-0.2, -0.15) is 0 Å². The first-order valence-corrected chi connectivity index (χ1v) is 5.26. The standard InChI is InChI=1S/C12H15NO/c1-13-7-4-9-2-3-10(8-11(9)13)12(14)5-6-12/h2-3,8,14H,4-7H2,1H3. The maximum absolute atomic E-state index is 10.00. The number of fused-ring (bicyclic) bond motifs is 1. The Labute approximate surface area is 84.2 Å². The summed E-state index contributed by atoms with van der Waals surface area (Å²) in [6.07, 6.45) is 3.00. The SMILES string of the molecule is CN1CCc2ccc(C3(O)CC3)cc21. The van der Waals surface area contributed by atoms with Crippen LogP contribution < -0.4 is 4.90 Å². The summed E-state index contributed by atoms with van der Waals surface area (Å²) in [5.74, 6) is 0. The molecule has 0 bridgehead atoms. The van der Waals surface area contributed by atoms with Crippen molar-refractivity contribution in [3.63, 3.8) is 0 Å². The van der Waals surface area contributed by atoms with E-state index in [-0.39, 0.29) is 0 Å². The molecule has 2 heteroatoms. The Morgan fingerprint density at radius 1 is 1.36 bits per heavy atom. The van der Waals surface area contributed by atoms with E-state index < -0.39 is 5.60 Å². The minimum Gasteiger partial charge on any atom is -0.385 e. The first kappa shape index (κ1) is 8.30. The topological polar surface area (TPSA) is 23.5 Å². The van der Waals surface area contributed by atoms with Crippen LogP contribution in [0.1, 0.15) is 24.0 Å². The van der Waals surface area contributed by atoms with Crippen molar-refractivity contribution in [1.82, 2.24) is 0 Å². The molecule has 1 N–H and O–H groups in total. The Kier molecular flexibility index (Phi) is 1.49. The second-order valence-corrected chi connectivity index (χ2v) is 4.55. The molecule has 1 aromatic rings. The van der Waals surface area contributed by atoms with E-state index in [1.807, 2.05) is 0 Å². The molecule has 0 radical (unpaired) electrons. The fourth-order valence-electron chi connectivity index (χ4n) is 2.24. The number of aliphatic hydroxyl groups is 1. The highest BCUT2D eigenvalue weighted by molar-refractivity contribution is 5.60. The van der Waals surface area contributed by atoms with Gasteiger partial charge in [0.2, 0.25) is 0 Å². The van der Waals surface area contributed by atoms with Crippen LogP contribution >= 0.6 is 0 Å². The van der Waals surface area contributed by atoms with Gasteiger partial charge in [-0.1, -0.05) is 12.1 Å². The molecule has 74 valence electrons. The van der Waals surface area contributed by atoms with Gasteiger partial charge in [0, 0.05) is 19.3 Å². The quantitative estimate of drug-likeness (QED) is 0.726. The van der Waals surface area contributed by atoms with Crippen molar-refractivity contribution < 1.29 is 5.11 Å². The Morgan fingerprint density at radius 3 is 2.86 bits per heavy atom. The summed E-state index contributed by atoms with van der Waals surface area (Å²) < 4.78 is 0. The predicted octanol–water partition coefficient (Wildman–Crippen LogP) is 1.66. The molecule has 14 heavy (non-hydrogen) atoms. The van der Waals surface area contributed by atoms with E-state index in [9.17, 15) is 5.11 Å². The number of rotatable bonds is 1. The van der Waals surface area contributed by atoms with E-state index in [4.69, 9.17) is 0 Å². The summed E-state index contributed by atoms with van der Waals surface area (Å²) in [7, 11) is 2.12. The zero-order valence-electron chi connectivity index (χ0n) is 8.45. The molecule has 0 amide bonds. The Balaban J connectivity index is 2.06. The van der Waals surface area contributed by atoms with E-state index in [0.29, 0.717) is 0 Å². The molecule has 0 aromatic heterocycles. The Bertz CT molecular complexity index is 382. The average molecular weight is 189 g/mol. The third-order valence-corrected chi connectivity index (χ3v) is 3.47. The lowest BCUT2D eigenvalue weighted by atomic mass is 10.0. The third-order valence-electron chi connectivity index (χ3n) is 3.47. The number of hydrogen-bond donors (Lipinski definition) is 1. The van der Waals surface area contributed by atoms with Crippen molar-refractivity contribution in [2.75, 3.05) is 18.5 Å². The highest BCUT2D eigenvalue weighted by atomic mass is 16.3. The summed E-state index contributed by atoms with van der Waals surface area (Å²) in [5, 5.41) is 10.00.